The Labute approximate surface area is 251 Å². The number of carbonyl (C=O) groups is 5. The molecule has 2 heterocycles. The van der Waals surface area contributed by atoms with Crippen molar-refractivity contribution in [2.75, 3.05) is 64.6 Å². The third-order valence-electron chi connectivity index (χ3n) is 6.63. The Balaban J connectivity index is 1.36. The number of piperidine rings is 1. The fraction of sp³-hybridized carbons (Fsp3) is 0.621. The molecule has 1 aromatic rings. The maximum atomic E-state index is 13.0. The third-order valence-corrected chi connectivity index (χ3v) is 6.63. The van der Waals surface area contributed by atoms with Crippen LogP contribution in [-0.4, -0.2) is 110 Å². The van der Waals surface area contributed by atoms with Gasteiger partial charge in [0.25, 0.3) is 5.91 Å². The lowest BCUT2D eigenvalue weighted by Crippen LogP contribution is -2.52. The Morgan fingerprint density at radius 1 is 1.02 bits per heavy atom. The van der Waals surface area contributed by atoms with E-state index in [-0.39, 0.29) is 70.0 Å². The van der Waals surface area contributed by atoms with Crippen molar-refractivity contribution in [1.29, 1.82) is 0 Å². The Bertz CT molecular complexity index is 1150. The molecule has 1 aromatic carbocycles. The van der Waals surface area contributed by atoms with Gasteiger partial charge in [0.1, 0.15) is 11.6 Å². The van der Waals surface area contributed by atoms with Gasteiger partial charge in [-0.05, 0) is 39.3 Å². The van der Waals surface area contributed by atoms with Crippen LogP contribution in [0.5, 0.6) is 0 Å². The van der Waals surface area contributed by atoms with Gasteiger partial charge in [-0.25, -0.2) is 4.79 Å². The molecule has 43 heavy (non-hydrogen) atoms. The Kier molecular flexibility index (Phi) is 12.9. The van der Waals surface area contributed by atoms with Crippen molar-refractivity contribution in [3.05, 3.63) is 29.3 Å². The second-order valence-corrected chi connectivity index (χ2v) is 11.1. The van der Waals surface area contributed by atoms with Gasteiger partial charge < -0.3 is 39.8 Å². The summed E-state index contributed by atoms with van der Waals surface area (Å²) in [7, 11) is 0. The van der Waals surface area contributed by atoms with E-state index in [9.17, 15) is 24.0 Å². The number of fused-ring (bicyclic) bond motifs is 1. The molecule has 0 spiro atoms. The van der Waals surface area contributed by atoms with Crippen LogP contribution in [0.2, 0.25) is 0 Å². The zero-order valence-corrected chi connectivity index (χ0v) is 25.1. The molecule has 4 N–H and O–H groups in total. The topological polar surface area (TPSA) is 179 Å². The smallest absolute Gasteiger partial charge is 0.410 e. The predicted octanol–water partition coefficient (Wildman–Crippen LogP) is 1.02. The van der Waals surface area contributed by atoms with Crippen LogP contribution in [-0.2, 0) is 39.9 Å². The van der Waals surface area contributed by atoms with Crippen molar-refractivity contribution >= 4 is 35.4 Å². The van der Waals surface area contributed by atoms with Crippen molar-refractivity contribution in [3.63, 3.8) is 0 Å². The number of amides is 5. The highest BCUT2D eigenvalue weighted by Crippen LogP contribution is 2.32. The second kappa shape index (κ2) is 16.3. The van der Waals surface area contributed by atoms with Gasteiger partial charge in [-0.3, -0.25) is 24.5 Å². The molecule has 238 valence electrons. The minimum atomic E-state index is -0.729. The molecule has 1 atom stereocenters. The maximum absolute atomic E-state index is 13.0. The molecule has 0 aliphatic carbocycles. The molecule has 1 fully saturated rings. The first-order valence-electron chi connectivity index (χ1n) is 14.5. The molecule has 1 saturated heterocycles. The summed E-state index contributed by atoms with van der Waals surface area (Å²) in [6.07, 6.45) is 0.0656. The average molecular weight is 606 g/mol. The van der Waals surface area contributed by atoms with Crippen LogP contribution < -0.4 is 16.4 Å². The first-order valence-corrected chi connectivity index (χ1v) is 14.5. The van der Waals surface area contributed by atoms with E-state index in [1.165, 1.54) is 9.80 Å². The number of nitrogens with two attached hydrogens (primary N) is 1. The number of nitrogens with zero attached hydrogens (tertiary/aromatic N) is 2. The predicted molar refractivity (Wildman–Crippen MR) is 155 cm³/mol. The molecule has 14 heteroatoms. The largest absolute Gasteiger partial charge is 0.444 e. The fourth-order valence-corrected chi connectivity index (χ4v) is 4.56. The minimum Gasteiger partial charge on any atom is -0.444 e. The van der Waals surface area contributed by atoms with Gasteiger partial charge in [-0.15, -0.1) is 0 Å². The Hall–Kier alpha value is -3.59. The van der Waals surface area contributed by atoms with Gasteiger partial charge in [0.15, 0.2) is 0 Å². The van der Waals surface area contributed by atoms with Crippen molar-refractivity contribution in [1.82, 2.24) is 15.1 Å². The van der Waals surface area contributed by atoms with Crippen LogP contribution in [0.3, 0.4) is 0 Å². The number of anilines is 1. The number of imide groups is 1. The van der Waals surface area contributed by atoms with Gasteiger partial charge in [0.2, 0.25) is 17.7 Å². The molecule has 0 bridgehead atoms. The van der Waals surface area contributed by atoms with Crippen molar-refractivity contribution in [2.24, 2.45) is 5.73 Å². The average Bonchev–Trinajstić information content (AvgIpc) is 3.27. The van der Waals surface area contributed by atoms with E-state index in [2.05, 4.69) is 10.6 Å². The lowest BCUT2D eigenvalue weighted by molar-refractivity contribution is -0.137. The van der Waals surface area contributed by atoms with E-state index in [1.54, 1.807) is 39.0 Å². The number of hydrogen-bond donors (Lipinski definition) is 3. The molecular weight excluding hydrogens is 562 g/mol. The van der Waals surface area contributed by atoms with Gasteiger partial charge in [0, 0.05) is 49.4 Å². The monoisotopic (exact) mass is 605 g/mol. The summed E-state index contributed by atoms with van der Waals surface area (Å²) in [6.45, 7) is 8.33. The molecule has 5 amide bonds. The SMILES string of the molecule is CC(C)(C)OC(=O)N(CCOCCN)CCOCCOCCC(=O)Nc1cccc2c1CN(C1CCC(=O)NC1=O)C2=O. The van der Waals surface area contributed by atoms with E-state index in [0.29, 0.717) is 49.7 Å². The summed E-state index contributed by atoms with van der Waals surface area (Å²) < 4.78 is 21.9. The zero-order chi connectivity index (χ0) is 31.4. The van der Waals surface area contributed by atoms with Crippen LogP contribution in [0.25, 0.3) is 0 Å². The van der Waals surface area contributed by atoms with E-state index < -0.39 is 23.6 Å². The first kappa shape index (κ1) is 33.9. The van der Waals surface area contributed by atoms with Crippen LogP contribution in [0.1, 0.15) is 56.0 Å². The van der Waals surface area contributed by atoms with Crippen LogP contribution in [0.4, 0.5) is 10.5 Å². The number of ether oxygens (including phenoxy) is 4. The van der Waals surface area contributed by atoms with Gasteiger partial charge in [-0.2, -0.15) is 0 Å². The van der Waals surface area contributed by atoms with Gasteiger partial charge in [0.05, 0.1) is 46.1 Å². The van der Waals surface area contributed by atoms with Crippen LogP contribution >= 0.6 is 0 Å². The number of rotatable bonds is 16. The lowest BCUT2D eigenvalue weighted by atomic mass is 10.0. The van der Waals surface area contributed by atoms with E-state index in [0.717, 1.165) is 0 Å². The molecule has 2 aliphatic heterocycles. The van der Waals surface area contributed by atoms with Crippen LogP contribution in [0, 0.1) is 0 Å². The third kappa shape index (κ3) is 10.6. The normalized spacial score (nSPS) is 16.6. The summed E-state index contributed by atoms with van der Waals surface area (Å²) >= 11 is 0. The van der Waals surface area contributed by atoms with Crippen LogP contribution in [0.15, 0.2) is 18.2 Å². The summed E-state index contributed by atoms with van der Waals surface area (Å²) in [5.74, 6) is -1.43. The van der Waals surface area contributed by atoms with E-state index >= 15 is 0 Å². The molecule has 0 aromatic heterocycles. The minimum absolute atomic E-state index is 0.0870. The molecule has 0 radical (unpaired) electrons. The van der Waals surface area contributed by atoms with Crippen molar-refractivity contribution in [3.8, 4) is 0 Å². The second-order valence-electron chi connectivity index (χ2n) is 11.1. The molecule has 3 rings (SSSR count). The highest BCUT2D eigenvalue weighted by atomic mass is 16.6. The summed E-state index contributed by atoms with van der Waals surface area (Å²) in [6, 6.07) is 4.31. The quantitative estimate of drug-likeness (QED) is 0.182. The fourth-order valence-electron chi connectivity index (χ4n) is 4.56. The lowest BCUT2D eigenvalue weighted by Gasteiger charge is -2.29. The number of benzene rings is 1. The standard InChI is InChI=1S/C29H43N5O9/c1-29(2,3)43-28(39)33(11-15-41-14-10-30)12-16-42-18-17-40-13-9-25(36)31-22-6-4-5-20-21(22)19-34(27(20)38)23-7-8-24(35)32-26(23)37/h4-6,23H,7-19,30H2,1-3H3,(H,31,36)(H,32,35,37). The molecule has 2 aliphatic rings. The van der Waals surface area contributed by atoms with E-state index in [4.69, 9.17) is 24.7 Å². The molecular formula is C29H43N5O9. The Morgan fingerprint density at radius 2 is 1.70 bits per heavy atom. The maximum Gasteiger partial charge on any atom is 0.410 e. The number of hydrogen-bond acceptors (Lipinski definition) is 10. The zero-order valence-electron chi connectivity index (χ0n) is 25.1. The summed E-state index contributed by atoms with van der Waals surface area (Å²) in [4.78, 5) is 64.7. The van der Waals surface area contributed by atoms with Gasteiger partial charge >= 0.3 is 6.09 Å². The number of nitrogens with one attached hydrogen (secondary N) is 2. The molecule has 0 saturated carbocycles. The van der Waals surface area contributed by atoms with Gasteiger partial charge in [-0.1, -0.05) is 6.07 Å². The Morgan fingerprint density at radius 3 is 2.35 bits per heavy atom. The highest BCUT2D eigenvalue weighted by Gasteiger charge is 2.40. The number of carbonyl (C=O) groups excluding carboxylic acids is 5. The highest BCUT2D eigenvalue weighted by molar-refractivity contribution is 6.06. The molecule has 1 unspecified atom stereocenters. The van der Waals surface area contributed by atoms with Crippen molar-refractivity contribution in [2.45, 2.75) is 58.2 Å². The first-order chi connectivity index (χ1) is 20.5. The molecule has 14 nitrogen and oxygen atoms in total. The van der Waals surface area contributed by atoms with Crippen molar-refractivity contribution < 1.29 is 42.9 Å². The van der Waals surface area contributed by atoms with E-state index in [1.807, 2.05) is 0 Å². The summed E-state index contributed by atoms with van der Waals surface area (Å²) in [5, 5.41) is 5.11. The summed E-state index contributed by atoms with van der Waals surface area (Å²) in [5.41, 5.74) is 6.36.